The Labute approximate surface area is 83.5 Å². The van der Waals surface area contributed by atoms with Gasteiger partial charge in [-0.05, 0) is 13.0 Å². The normalized spacial score (nSPS) is 12.5. The van der Waals surface area contributed by atoms with Gasteiger partial charge in [0.25, 0.3) is 0 Å². The molecule has 0 bridgehead atoms. The third-order valence-corrected chi connectivity index (χ3v) is 1.83. The van der Waals surface area contributed by atoms with Crippen molar-refractivity contribution in [2.75, 3.05) is 20.3 Å². The molecule has 1 unspecified atom stereocenters. The Kier molecular flexibility index (Phi) is 4.35. The van der Waals surface area contributed by atoms with Crippen LogP contribution in [0.25, 0.3) is 0 Å². The van der Waals surface area contributed by atoms with E-state index in [1.165, 1.54) is 0 Å². The minimum atomic E-state index is -0.641. The average Bonchev–Trinajstić information content (AvgIpc) is 2.26. The second-order valence-corrected chi connectivity index (χ2v) is 2.83. The number of rotatable bonds is 5. The summed E-state index contributed by atoms with van der Waals surface area (Å²) in [5, 5.41) is 9.65. The Bertz CT molecular complexity index is 278. The molecular weight excluding hydrogens is 182 g/mol. The van der Waals surface area contributed by atoms with Crippen LogP contribution in [0.15, 0.2) is 18.5 Å². The van der Waals surface area contributed by atoms with E-state index in [2.05, 4.69) is 4.98 Å². The molecule has 1 heterocycles. The van der Waals surface area contributed by atoms with Crippen molar-refractivity contribution in [1.29, 1.82) is 0 Å². The number of aromatic nitrogens is 1. The molecule has 1 aromatic heterocycles. The molecule has 0 saturated carbocycles. The molecule has 1 aromatic rings. The maximum Gasteiger partial charge on any atom is 0.137 e. The standard InChI is InChI=1S/C10H15NO3/c1-3-14-7-10(12)8-4-9(13-2)6-11-5-8/h4-6,10,12H,3,7H2,1-2H3. The van der Waals surface area contributed by atoms with Crippen LogP contribution >= 0.6 is 0 Å². The molecule has 0 amide bonds. The molecule has 0 fully saturated rings. The van der Waals surface area contributed by atoms with Gasteiger partial charge in [-0.15, -0.1) is 0 Å². The van der Waals surface area contributed by atoms with Crippen LogP contribution in [0, 0.1) is 0 Å². The lowest BCUT2D eigenvalue weighted by Crippen LogP contribution is -2.07. The highest BCUT2D eigenvalue weighted by atomic mass is 16.5. The fourth-order valence-corrected chi connectivity index (χ4v) is 1.06. The maximum atomic E-state index is 9.65. The number of pyridine rings is 1. The predicted molar refractivity (Wildman–Crippen MR) is 52.2 cm³/mol. The summed E-state index contributed by atoms with van der Waals surface area (Å²) in [5.74, 6) is 0.637. The Morgan fingerprint density at radius 1 is 1.50 bits per heavy atom. The van der Waals surface area contributed by atoms with Gasteiger partial charge < -0.3 is 14.6 Å². The lowest BCUT2D eigenvalue weighted by Gasteiger charge is -2.10. The Morgan fingerprint density at radius 3 is 2.93 bits per heavy atom. The SMILES string of the molecule is CCOCC(O)c1cncc(OC)c1. The van der Waals surface area contributed by atoms with Crippen molar-refractivity contribution in [3.63, 3.8) is 0 Å². The molecule has 0 aliphatic rings. The number of nitrogens with zero attached hydrogens (tertiary/aromatic N) is 1. The summed E-state index contributed by atoms with van der Waals surface area (Å²) < 4.78 is 10.1. The van der Waals surface area contributed by atoms with E-state index in [1.54, 1.807) is 25.6 Å². The lowest BCUT2D eigenvalue weighted by atomic mass is 10.2. The van der Waals surface area contributed by atoms with Gasteiger partial charge in [-0.1, -0.05) is 0 Å². The van der Waals surface area contributed by atoms with E-state index >= 15 is 0 Å². The number of aliphatic hydroxyl groups excluding tert-OH is 1. The van der Waals surface area contributed by atoms with Crippen molar-refractivity contribution in [2.45, 2.75) is 13.0 Å². The molecule has 1 N–H and O–H groups in total. The highest BCUT2D eigenvalue weighted by Crippen LogP contribution is 2.17. The van der Waals surface area contributed by atoms with Gasteiger partial charge in [-0.3, -0.25) is 4.98 Å². The van der Waals surface area contributed by atoms with Gasteiger partial charge in [0.15, 0.2) is 0 Å². The quantitative estimate of drug-likeness (QED) is 0.769. The summed E-state index contributed by atoms with van der Waals surface area (Å²) in [6, 6.07) is 1.75. The van der Waals surface area contributed by atoms with Crippen LogP contribution in [-0.2, 0) is 4.74 Å². The fourth-order valence-electron chi connectivity index (χ4n) is 1.06. The van der Waals surface area contributed by atoms with Crippen LogP contribution in [-0.4, -0.2) is 30.4 Å². The Balaban J connectivity index is 2.64. The molecule has 0 saturated heterocycles. The largest absolute Gasteiger partial charge is 0.495 e. The zero-order valence-corrected chi connectivity index (χ0v) is 8.43. The first-order chi connectivity index (χ1) is 6.77. The third kappa shape index (κ3) is 2.97. The van der Waals surface area contributed by atoms with E-state index in [0.29, 0.717) is 17.9 Å². The average molecular weight is 197 g/mol. The van der Waals surface area contributed by atoms with Gasteiger partial charge in [0.05, 0.1) is 19.9 Å². The number of ether oxygens (including phenoxy) is 2. The molecule has 0 aromatic carbocycles. The maximum absolute atomic E-state index is 9.65. The number of methoxy groups -OCH3 is 1. The second-order valence-electron chi connectivity index (χ2n) is 2.83. The molecule has 0 spiro atoms. The number of hydrogen-bond donors (Lipinski definition) is 1. The van der Waals surface area contributed by atoms with Gasteiger partial charge in [0, 0.05) is 18.4 Å². The van der Waals surface area contributed by atoms with Crippen molar-refractivity contribution in [2.24, 2.45) is 0 Å². The molecular formula is C10H15NO3. The van der Waals surface area contributed by atoms with E-state index in [0.717, 1.165) is 0 Å². The number of hydrogen-bond acceptors (Lipinski definition) is 4. The van der Waals surface area contributed by atoms with Crippen LogP contribution in [0.5, 0.6) is 5.75 Å². The summed E-state index contributed by atoms with van der Waals surface area (Å²) in [6.07, 6.45) is 2.56. The first-order valence-corrected chi connectivity index (χ1v) is 4.52. The van der Waals surface area contributed by atoms with E-state index in [1.807, 2.05) is 6.92 Å². The van der Waals surface area contributed by atoms with Crippen molar-refractivity contribution >= 4 is 0 Å². The van der Waals surface area contributed by atoms with Crippen molar-refractivity contribution < 1.29 is 14.6 Å². The third-order valence-electron chi connectivity index (χ3n) is 1.83. The summed E-state index contributed by atoms with van der Waals surface area (Å²) in [7, 11) is 1.57. The van der Waals surface area contributed by atoms with E-state index in [9.17, 15) is 5.11 Å². The topological polar surface area (TPSA) is 51.6 Å². The molecule has 4 heteroatoms. The molecule has 1 rings (SSSR count). The van der Waals surface area contributed by atoms with Gasteiger partial charge in [-0.2, -0.15) is 0 Å². The van der Waals surface area contributed by atoms with Crippen molar-refractivity contribution in [3.05, 3.63) is 24.0 Å². The molecule has 0 aliphatic carbocycles. The molecule has 4 nitrogen and oxygen atoms in total. The highest BCUT2D eigenvalue weighted by molar-refractivity contribution is 5.24. The van der Waals surface area contributed by atoms with Crippen molar-refractivity contribution in [3.8, 4) is 5.75 Å². The summed E-state index contributed by atoms with van der Waals surface area (Å²) in [6.45, 7) is 2.76. The lowest BCUT2D eigenvalue weighted by molar-refractivity contribution is 0.0417. The number of aliphatic hydroxyl groups is 1. The van der Waals surface area contributed by atoms with Gasteiger partial charge in [0.2, 0.25) is 0 Å². The monoisotopic (exact) mass is 197 g/mol. The molecule has 0 aliphatic heterocycles. The minimum Gasteiger partial charge on any atom is -0.495 e. The second kappa shape index (κ2) is 5.57. The molecule has 14 heavy (non-hydrogen) atoms. The first-order valence-electron chi connectivity index (χ1n) is 4.52. The molecule has 78 valence electrons. The van der Waals surface area contributed by atoms with E-state index in [4.69, 9.17) is 9.47 Å². The first kappa shape index (κ1) is 10.9. The summed E-state index contributed by atoms with van der Waals surface area (Å²) >= 11 is 0. The van der Waals surface area contributed by atoms with Gasteiger partial charge in [-0.25, -0.2) is 0 Å². The molecule has 0 radical (unpaired) electrons. The smallest absolute Gasteiger partial charge is 0.137 e. The minimum absolute atomic E-state index is 0.283. The van der Waals surface area contributed by atoms with Gasteiger partial charge in [0.1, 0.15) is 11.9 Å². The van der Waals surface area contributed by atoms with Crippen LogP contribution in [0.2, 0.25) is 0 Å². The van der Waals surface area contributed by atoms with E-state index < -0.39 is 6.10 Å². The van der Waals surface area contributed by atoms with Crippen LogP contribution in [0.1, 0.15) is 18.6 Å². The summed E-state index contributed by atoms with van der Waals surface area (Å²) in [4.78, 5) is 3.94. The fraction of sp³-hybridized carbons (Fsp3) is 0.500. The highest BCUT2D eigenvalue weighted by Gasteiger charge is 2.08. The van der Waals surface area contributed by atoms with Crippen LogP contribution in [0.3, 0.4) is 0 Å². The zero-order valence-electron chi connectivity index (χ0n) is 8.43. The Hall–Kier alpha value is -1.13. The van der Waals surface area contributed by atoms with Crippen molar-refractivity contribution in [1.82, 2.24) is 4.98 Å². The van der Waals surface area contributed by atoms with Gasteiger partial charge >= 0.3 is 0 Å². The zero-order chi connectivity index (χ0) is 10.4. The summed E-state index contributed by atoms with van der Waals surface area (Å²) in [5.41, 5.74) is 0.706. The van der Waals surface area contributed by atoms with E-state index in [-0.39, 0.29) is 6.61 Å². The van der Waals surface area contributed by atoms with Crippen LogP contribution in [0.4, 0.5) is 0 Å². The van der Waals surface area contributed by atoms with Crippen LogP contribution < -0.4 is 4.74 Å². The Morgan fingerprint density at radius 2 is 2.29 bits per heavy atom. The molecule has 1 atom stereocenters. The predicted octanol–water partition coefficient (Wildman–Crippen LogP) is 1.16.